The van der Waals surface area contributed by atoms with Gasteiger partial charge in [-0.1, -0.05) is 0 Å². The number of aliphatic hydroxyl groups excluding tert-OH is 1. The first-order chi connectivity index (χ1) is 6.24. The minimum absolute atomic E-state index is 0.324. The molecule has 0 radical (unpaired) electrons. The largest absolute Gasteiger partial charge is 0.468 e. The van der Waals surface area contributed by atoms with Crippen LogP contribution in [0.2, 0.25) is 0 Å². The van der Waals surface area contributed by atoms with Gasteiger partial charge in [0.1, 0.15) is 5.76 Å². The number of hydrogen-bond acceptors (Lipinski definition) is 4. The SMILES string of the molecule is Cc1ccoc1CSC[C@@H](O)CN. The van der Waals surface area contributed by atoms with Gasteiger partial charge in [-0.3, -0.25) is 0 Å². The lowest BCUT2D eigenvalue weighted by Gasteiger charge is -2.05. The lowest BCUT2D eigenvalue weighted by Crippen LogP contribution is -2.21. The van der Waals surface area contributed by atoms with Gasteiger partial charge in [-0.2, -0.15) is 11.8 Å². The molecular formula is C9H15NO2S. The van der Waals surface area contributed by atoms with Gasteiger partial charge < -0.3 is 15.3 Å². The van der Waals surface area contributed by atoms with E-state index < -0.39 is 6.10 Å². The fraction of sp³-hybridized carbons (Fsp3) is 0.556. The predicted octanol–water partition coefficient (Wildman–Crippen LogP) is 1.14. The van der Waals surface area contributed by atoms with E-state index in [0.29, 0.717) is 12.3 Å². The summed E-state index contributed by atoms with van der Waals surface area (Å²) in [7, 11) is 0. The molecule has 1 heterocycles. The van der Waals surface area contributed by atoms with Crippen LogP contribution >= 0.6 is 11.8 Å². The van der Waals surface area contributed by atoms with Gasteiger partial charge in [0.2, 0.25) is 0 Å². The van der Waals surface area contributed by atoms with Crippen LogP contribution in [-0.4, -0.2) is 23.5 Å². The summed E-state index contributed by atoms with van der Waals surface area (Å²) in [6.07, 6.45) is 1.28. The quantitative estimate of drug-likeness (QED) is 0.750. The number of rotatable bonds is 5. The maximum Gasteiger partial charge on any atom is 0.116 e. The summed E-state index contributed by atoms with van der Waals surface area (Å²) in [5.41, 5.74) is 6.44. The molecule has 1 rings (SSSR count). The van der Waals surface area contributed by atoms with Crippen molar-refractivity contribution in [2.75, 3.05) is 12.3 Å². The lowest BCUT2D eigenvalue weighted by molar-refractivity contribution is 0.208. The molecule has 1 atom stereocenters. The van der Waals surface area contributed by atoms with Crippen LogP contribution in [-0.2, 0) is 5.75 Å². The van der Waals surface area contributed by atoms with E-state index >= 15 is 0 Å². The Hall–Kier alpha value is -0.450. The van der Waals surface area contributed by atoms with Gasteiger partial charge in [-0.05, 0) is 18.6 Å². The first kappa shape index (κ1) is 10.6. The van der Waals surface area contributed by atoms with Gasteiger partial charge in [0.05, 0.1) is 18.1 Å². The molecule has 0 spiro atoms. The highest BCUT2D eigenvalue weighted by Gasteiger charge is 2.04. The van der Waals surface area contributed by atoms with E-state index in [2.05, 4.69) is 0 Å². The highest BCUT2D eigenvalue weighted by Crippen LogP contribution is 2.17. The van der Waals surface area contributed by atoms with Crippen molar-refractivity contribution in [3.63, 3.8) is 0 Å². The Balaban J connectivity index is 2.24. The standard InChI is InChI=1S/C9H15NO2S/c1-7-2-3-12-9(7)6-13-5-8(11)4-10/h2-3,8,11H,4-6,10H2,1H3/t8-/m0/s1. The first-order valence-corrected chi connectivity index (χ1v) is 5.38. The third-order valence-corrected chi connectivity index (χ3v) is 2.87. The molecule has 3 nitrogen and oxygen atoms in total. The lowest BCUT2D eigenvalue weighted by atomic mass is 10.3. The van der Waals surface area contributed by atoms with Crippen molar-refractivity contribution in [2.45, 2.75) is 18.8 Å². The number of thioether (sulfide) groups is 1. The van der Waals surface area contributed by atoms with Gasteiger partial charge in [0.25, 0.3) is 0 Å². The fourth-order valence-electron chi connectivity index (χ4n) is 0.908. The topological polar surface area (TPSA) is 59.4 Å². The minimum Gasteiger partial charge on any atom is -0.468 e. The second-order valence-electron chi connectivity index (χ2n) is 2.93. The van der Waals surface area contributed by atoms with Gasteiger partial charge >= 0.3 is 0 Å². The van der Waals surface area contributed by atoms with Crippen LogP contribution in [0.25, 0.3) is 0 Å². The maximum absolute atomic E-state index is 9.18. The molecule has 0 saturated carbocycles. The van der Waals surface area contributed by atoms with Gasteiger partial charge in [0, 0.05) is 12.3 Å². The molecule has 1 aromatic heterocycles. The minimum atomic E-state index is -0.403. The van der Waals surface area contributed by atoms with E-state index in [-0.39, 0.29) is 0 Å². The monoisotopic (exact) mass is 201 g/mol. The Bertz CT molecular complexity index is 250. The van der Waals surface area contributed by atoms with Gasteiger partial charge in [-0.15, -0.1) is 0 Å². The molecule has 74 valence electrons. The normalized spacial score (nSPS) is 13.2. The van der Waals surface area contributed by atoms with Crippen LogP contribution in [0.4, 0.5) is 0 Å². The molecule has 0 aliphatic carbocycles. The van der Waals surface area contributed by atoms with Crippen molar-refractivity contribution in [2.24, 2.45) is 5.73 Å². The summed E-state index contributed by atoms with van der Waals surface area (Å²) in [5.74, 6) is 2.45. The molecule has 0 amide bonds. The predicted molar refractivity (Wildman–Crippen MR) is 54.7 cm³/mol. The summed E-state index contributed by atoms with van der Waals surface area (Å²) in [4.78, 5) is 0. The molecule has 3 N–H and O–H groups in total. The zero-order valence-electron chi connectivity index (χ0n) is 7.69. The van der Waals surface area contributed by atoms with Crippen LogP contribution < -0.4 is 5.73 Å². The third-order valence-electron chi connectivity index (χ3n) is 1.78. The van der Waals surface area contributed by atoms with Crippen LogP contribution in [0, 0.1) is 6.92 Å². The van der Waals surface area contributed by atoms with E-state index in [4.69, 9.17) is 10.2 Å². The van der Waals surface area contributed by atoms with Gasteiger partial charge in [-0.25, -0.2) is 0 Å². The molecule has 0 aliphatic rings. The Labute approximate surface area is 82.3 Å². The Morgan fingerprint density at radius 1 is 1.69 bits per heavy atom. The Morgan fingerprint density at radius 3 is 3.00 bits per heavy atom. The number of hydrogen-bond donors (Lipinski definition) is 2. The van der Waals surface area contributed by atoms with Crippen LogP contribution in [0.1, 0.15) is 11.3 Å². The van der Waals surface area contributed by atoms with Crippen molar-refractivity contribution >= 4 is 11.8 Å². The van der Waals surface area contributed by atoms with Crippen molar-refractivity contribution in [1.82, 2.24) is 0 Å². The molecule has 0 aromatic carbocycles. The van der Waals surface area contributed by atoms with Crippen LogP contribution in [0.5, 0.6) is 0 Å². The molecule has 1 aromatic rings. The number of aryl methyl sites for hydroxylation is 1. The van der Waals surface area contributed by atoms with Crippen molar-refractivity contribution in [3.05, 3.63) is 23.7 Å². The first-order valence-electron chi connectivity index (χ1n) is 4.23. The zero-order chi connectivity index (χ0) is 9.68. The number of furan rings is 1. The molecule has 4 heteroatoms. The average Bonchev–Trinajstić information content (AvgIpc) is 2.52. The van der Waals surface area contributed by atoms with Gasteiger partial charge in [0.15, 0.2) is 0 Å². The molecule has 0 bridgehead atoms. The number of nitrogens with two attached hydrogens (primary N) is 1. The molecule has 13 heavy (non-hydrogen) atoms. The van der Waals surface area contributed by atoms with Crippen molar-refractivity contribution in [1.29, 1.82) is 0 Å². The highest BCUT2D eigenvalue weighted by atomic mass is 32.2. The molecule has 0 saturated heterocycles. The highest BCUT2D eigenvalue weighted by molar-refractivity contribution is 7.98. The van der Waals surface area contributed by atoms with E-state index in [1.807, 2.05) is 13.0 Å². The Morgan fingerprint density at radius 2 is 2.46 bits per heavy atom. The third kappa shape index (κ3) is 3.42. The summed E-state index contributed by atoms with van der Waals surface area (Å²) in [6, 6.07) is 1.94. The van der Waals surface area contributed by atoms with E-state index in [1.165, 1.54) is 0 Å². The summed E-state index contributed by atoms with van der Waals surface area (Å²) in [6.45, 7) is 2.34. The summed E-state index contributed by atoms with van der Waals surface area (Å²) >= 11 is 1.63. The van der Waals surface area contributed by atoms with E-state index in [1.54, 1.807) is 18.0 Å². The number of aliphatic hydroxyl groups is 1. The summed E-state index contributed by atoms with van der Waals surface area (Å²) in [5, 5.41) is 9.18. The van der Waals surface area contributed by atoms with E-state index in [0.717, 1.165) is 17.1 Å². The molecule has 0 fully saturated rings. The zero-order valence-corrected chi connectivity index (χ0v) is 8.51. The molecular weight excluding hydrogens is 186 g/mol. The van der Waals surface area contributed by atoms with Crippen LogP contribution in [0.3, 0.4) is 0 Å². The molecule has 0 aliphatic heterocycles. The second-order valence-corrected chi connectivity index (χ2v) is 3.96. The van der Waals surface area contributed by atoms with E-state index in [9.17, 15) is 5.11 Å². The van der Waals surface area contributed by atoms with Crippen molar-refractivity contribution in [3.8, 4) is 0 Å². The smallest absolute Gasteiger partial charge is 0.116 e. The van der Waals surface area contributed by atoms with Crippen LogP contribution in [0.15, 0.2) is 16.7 Å². The Kier molecular flexibility index (Phi) is 4.35. The molecule has 0 unspecified atom stereocenters. The second kappa shape index (κ2) is 5.32. The van der Waals surface area contributed by atoms with Crippen molar-refractivity contribution < 1.29 is 9.52 Å². The average molecular weight is 201 g/mol. The fourth-order valence-corrected chi connectivity index (χ4v) is 1.91. The summed E-state index contributed by atoms with van der Waals surface area (Å²) < 4.78 is 5.25. The maximum atomic E-state index is 9.18.